The van der Waals surface area contributed by atoms with Gasteiger partial charge in [0.1, 0.15) is 18.0 Å². The molecule has 1 saturated carbocycles. The third kappa shape index (κ3) is 8.33. The fourth-order valence-corrected chi connectivity index (χ4v) is 4.69. The number of anilines is 1. The molecule has 0 spiro atoms. The van der Waals surface area contributed by atoms with Crippen LogP contribution in [0.1, 0.15) is 48.5 Å². The van der Waals surface area contributed by atoms with Crippen LogP contribution in [0, 0.1) is 22.0 Å². The lowest BCUT2D eigenvalue weighted by molar-refractivity contribution is -0.385. The molecule has 0 bridgehead atoms. The number of nitrogens with zero attached hydrogens (tertiary/aromatic N) is 2. The average molecular weight is 576 g/mol. The van der Waals surface area contributed by atoms with Crippen molar-refractivity contribution in [2.24, 2.45) is 17.6 Å². The monoisotopic (exact) mass is 575 g/mol. The minimum Gasteiger partial charge on any atom is -0.439 e. The van der Waals surface area contributed by atoms with Crippen LogP contribution in [0.3, 0.4) is 0 Å². The summed E-state index contributed by atoms with van der Waals surface area (Å²) in [5, 5.41) is 13.7. The number of amides is 1. The zero-order chi connectivity index (χ0) is 30.1. The highest BCUT2D eigenvalue weighted by Gasteiger charge is 2.30. The van der Waals surface area contributed by atoms with Crippen molar-refractivity contribution >= 4 is 29.0 Å². The van der Waals surface area contributed by atoms with Gasteiger partial charge in [-0.15, -0.1) is 0 Å². The van der Waals surface area contributed by atoms with Crippen molar-refractivity contribution in [3.05, 3.63) is 88.1 Å². The van der Waals surface area contributed by atoms with E-state index in [2.05, 4.69) is 15.8 Å². The minimum atomic E-state index is -0.975. The van der Waals surface area contributed by atoms with Crippen molar-refractivity contribution in [2.75, 3.05) is 12.0 Å². The second kappa shape index (κ2) is 14.2. The van der Waals surface area contributed by atoms with E-state index in [1.807, 2.05) is 0 Å². The molecule has 1 amide bonds. The fourth-order valence-electron chi connectivity index (χ4n) is 4.69. The molecule has 3 aromatic rings. The summed E-state index contributed by atoms with van der Waals surface area (Å²) < 4.78 is 5.66. The maximum Gasteiger partial charge on any atom is 0.354 e. The summed E-state index contributed by atoms with van der Waals surface area (Å²) in [7, 11) is 0. The highest BCUT2D eigenvalue weighted by molar-refractivity contribution is 5.94. The first-order valence-electron chi connectivity index (χ1n) is 13.7. The number of ketones is 1. The number of nitro groups is 1. The third-order valence-electron chi connectivity index (χ3n) is 7.23. The number of hydrogen-bond acceptors (Lipinski definition) is 10. The summed E-state index contributed by atoms with van der Waals surface area (Å²) in [5.41, 5.74) is 9.97. The molecular weight excluding hydrogens is 542 g/mol. The largest absolute Gasteiger partial charge is 0.439 e. The van der Waals surface area contributed by atoms with Gasteiger partial charge < -0.3 is 20.6 Å². The highest BCUT2D eigenvalue weighted by atomic mass is 16.7. The van der Waals surface area contributed by atoms with Gasteiger partial charge in [0.15, 0.2) is 5.78 Å². The Morgan fingerprint density at radius 2 is 1.71 bits per heavy atom. The topological polar surface area (TPSA) is 176 Å². The van der Waals surface area contributed by atoms with Crippen LogP contribution in [-0.2, 0) is 20.8 Å². The van der Waals surface area contributed by atoms with Gasteiger partial charge in [-0.05, 0) is 87.0 Å². The van der Waals surface area contributed by atoms with E-state index in [1.165, 1.54) is 19.1 Å². The number of Topliss-reactive ketones (excluding diaryl/α,β-unsaturated/α-hetero) is 1. The molecule has 0 aliphatic heterocycles. The van der Waals surface area contributed by atoms with E-state index in [0.717, 1.165) is 24.6 Å². The minimum absolute atomic E-state index is 0.0813. The zero-order valence-electron chi connectivity index (χ0n) is 23.2. The van der Waals surface area contributed by atoms with Gasteiger partial charge >= 0.3 is 5.97 Å². The van der Waals surface area contributed by atoms with Gasteiger partial charge in [0, 0.05) is 30.0 Å². The molecule has 1 fully saturated rings. The van der Waals surface area contributed by atoms with Crippen LogP contribution >= 0.6 is 0 Å². The Labute approximate surface area is 242 Å². The first-order valence-corrected chi connectivity index (χ1v) is 13.7. The van der Waals surface area contributed by atoms with Gasteiger partial charge in [0.25, 0.3) is 5.69 Å². The Kier molecular flexibility index (Phi) is 10.2. The lowest BCUT2D eigenvalue weighted by Gasteiger charge is -2.28. The quantitative estimate of drug-likeness (QED) is 0.160. The number of carbonyl (C=O) groups is 3. The lowest BCUT2D eigenvalue weighted by Crippen LogP contribution is -2.47. The van der Waals surface area contributed by atoms with E-state index in [9.17, 15) is 24.5 Å². The van der Waals surface area contributed by atoms with Gasteiger partial charge in [0.05, 0.1) is 10.6 Å². The predicted molar refractivity (Wildman–Crippen MR) is 154 cm³/mol. The number of hydrogen-bond donors (Lipinski definition) is 3. The summed E-state index contributed by atoms with van der Waals surface area (Å²) in [6, 6.07) is 15.0. The van der Waals surface area contributed by atoms with Crippen molar-refractivity contribution in [3.63, 3.8) is 0 Å². The molecule has 4 rings (SSSR count). The molecule has 12 nitrogen and oxygen atoms in total. The van der Waals surface area contributed by atoms with E-state index in [-0.39, 0.29) is 35.6 Å². The number of rotatable bonds is 12. The van der Waals surface area contributed by atoms with Crippen LogP contribution in [-0.4, -0.2) is 40.2 Å². The second-order valence-electron chi connectivity index (χ2n) is 10.2. The number of carbonyl (C=O) groups excluding carboxylic acids is 3. The Bertz CT molecular complexity index is 1390. The third-order valence-corrected chi connectivity index (χ3v) is 7.23. The van der Waals surface area contributed by atoms with E-state index in [4.69, 9.17) is 15.3 Å². The average Bonchev–Trinajstić information content (AvgIpc) is 3.01. The first kappa shape index (κ1) is 30.1. The Hall–Kier alpha value is -4.84. The summed E-state index contributed by atoms with van der Waals surface area (Å²) >= 11 is 0. The summed E-state index contributed by atoms with van der Waals surface area (Å²) in [4.78, 5) is 57.3. The van der Waals surface area contributed by atoms with Gasteiger partial charge in [-0.25, -0.2) is 15.3 Å². The number of nitrogens with one attached hydrogen (secondary N) is 2. The molecule has 1 aliphatic rings. The van der Waals surface area contributed by atoms with Crippen LogP contribution < -0.4 is 21.3 Å². The van der Waals surface area contributed by atoms with E-state index < -0.39 is 16.9 Å². The number of benzene rings is 2. The Morgan fingerprint density at radius 1 is 1.02 bits per heavy atom. The van der Waals surface area contributed by atoms with E-state index >= 15 is 0 Å². The van der Waals surface area contributed by atoms with Crippen molar-refractivity contribution in [1.29, 1.82) is 0 Å². The van der Waals surface area contributed by atoms with Crippen LogP contribution in [0.5, 0.6) is 11.6 Å². The molecule has 12 heteroatoms. The van der Waals surface area contributed by atoms with Crippen LogP contribution in [0.4, 0.5) is 11.4 Å². The molecule has 1 heterocycles. The summed E-state index contributed by atoms with van der Waals surface area (Å²) in [6.07, 6.45) is 4.41. The number of aromatic nitrogens is 1. The van der Waals surface area contributed by atoms with Crippen LogP contribution in [0.15, 0.2) is 66.9 Å². The van der Waals surface area contributed by atoms with E-state index in [1.54, 1.807) is 48.5 Å². The number of ether oxygens (including phenoxy) is 1. The SMILES string of the molecule is CC(=O)c1ccc(NOC(=O)[C@H](Cc2ccc(Oc3ccc([N+](=O)[O-])cn3)cc2)NC(=O)C2CCC(CN)CC2)cc1. The smallest absolute Gasteiger partial charge is 0.354 e. The number of nitrogens with two attached hydrogens (primary N) is 1. The van der Waals surface area contributed by atoms with Crippen LogP contribution in [0.2, 0.25) is 0 Å². The molecule has 0 radical (unpaired) electrons. The molecule has 1 aliphatic carbocycles. The molecule has 0 unspecified atom stereocenters. The van der Waals surface area contributed by atoms with Gasteiger partial charge in [-0.1, -0.05) is 12.1 Å². The maximum absolute atomic E-state index is 13.1. The fraction of sp³-hybridized carbons (Fsp3) is 0.333. The van der Waals surface area contributed by atoms with Crippen molar-refractivity contribution in [2.45, 2.75) is 45.1 Å². The van der Waals surface area contributed by atoms with Gasteiger partial charge in [0.2, 0.25) is 11.8 Å². The zero-order valence-corrected chi connectivity index (χ0v) is 23.2. The molecule has 1 aromatic heterocycles. The highest BCUT2D eigenvalue weighted by Crippen LogP contribution is 2.28. The summed E-state index contributed by atoms with van der Waals surface area (Å²) in [5.74, 6) is -0.130. The van der Waals surface area contributed by atoms with Crippen molar-refractivity contribution in [1.82, 2.24) is 10.3 Å². The molecule has 0 saturated heterocycles. The van der Waals surface area contributed by atoms with Crippen LogP contribution in [0.25, 0.3) is 0 Å². The lowest BCUT2D eigenvalue weighted by atomic mass is 9.81. The standard InChI is InChI=1S/C30H33N5O7/c1-19(36)22-8-10-24(11-9-22)34-42-30(38)27(33-29(37)23-6-2-21(17-31)3-7-23)16-20-4-13-26(14-5-20)41-28-15-12-25(18-32-28)35(39)40/h4-5,8-15,18,21,23,27,34H,2-3,6-7,16-17,31H2,1H3,(H,33,37)/t21?,23?,27-/m0/s1. The molecule has 1 atom stereocenters. The maximum atomic E-state index is 13.1. The molecular formula is C30H33N5O7. The summed E-state index contributed by atoms with van der Waals surface area (Å²) in [6.45, 7) is 2.06. The van der Waals surface area contributed by atoms with E-state index in [0.29, 0.717) is 42.3 Å². The molecule has 2 aromatic carbocycles. The Balaban J connectivity index is 1.42. The van der Waals surface area contributed by atoms with Gasteiger partial charge in [-0.2, -0.15) is 0 Å². The van der Waals surface area contributed by atoms with Crippen molar-refractivity contribution < 1.29 is 28.9 Å². The predicted octanol–water partition coefficient (Wildman–Crippen LogP) is 4.35. The second-order valence-corrected chi connectivity index (χ2v) is 10.2. The molecule has 4 N–H and O–H groups in total. The molecule has 42 heavy (non-hydrogen) atoms. The Morgan fingerprint density at radius 3 is 2.29 bits per heavy atom. The first-order chi connectivity index (χ1) is 20.2. The van der Waals surface area contributed by atoms with Crippen molar-refractivity contribution in [3.8, 4) is 11.6 Å². The van der Waals surface area contributed by atoms with Gasteiger partial charge in [-0.3, -0.25) is 19.7 Å². The normalized spacial score (nSPS) is 17.0. The molecule has 220 valence electrons. The number of pyridine rings is 1.